The Morgan fingerprint density at radius 3 is 2.75 bits per heavy atom. The van der Waals surface area contributed by atoms with E-state index in [0.717, 1.165) is 36.2 Å². The third-order valence-corrected chi connectivity index (χ3v) is 4.15. The zero-order valence-electron chi connectivity index (χ0n) is 14.3. The lowest BCUT2D eigenvalue weighted by Crippen LogP contribution is -2.37. The van der Waals surface area contributed by atoms with Gasteiger partial charge >= 0.3 is 0 Å². The molecular formula is C17H25IN4OS. The average molecular weight is 460 g/mol. The summed E-state index contributed by atoms with van der Waals surface area (Å²) in [6, 6.07) is 8.35. The van der Waals surface area contributed by atoms with E-state index in [0.29, 0.717) is 6.61 Å². The van der Waals surface area contributed by atoms with Crippen LogP contribution < -0.4 is 10.6 Å². The zero-order chi connectivity index (χ0) is 16.5. The normalized spacial score (nSPS) is 11.0. The molecule has 0 radical (unpaired) electrons. The van der Waals surface area contributed by atoms with E-state index in [1.54, 1.807) is 25.5 Å². The highest BCUT2D eigenvalue weighted by atomic mass is 127. The van der Waals surface area contributed by atoms with E-state index < -0.39 is 0 Å². The molecule has 2 rings (SSSR count). The third-order valence-electron chi connectivity index (χ3n) is 3.33. The van der Waals surface area contributed by atoms with Gasteiger partial charge in [-0.25, -0.2) is 4.98 Å². The number of ether oxygens (including phenoxy) is 1. The molecule has 7 heteroatoms. The summed E-state index contributed by atoms with van der Waals surface area (Å²) in [5.41, 5.74) is 3.51. The molecule has 0 saturated carbocycles. The van der Waals surface area contributed by atoms with Crippen molar-refractivity contribution in [3.63, 3.8) is 0 Å². The average Bonchev–Trinajstić information content (AvgIpc) is 2.97. The fraction of sp³-hybridized carbons (Fsp3) is 0.412. The van der Waals surface area contributed by atoms with Crippen molar-refractivity contribution in [3.05, 3.63) is 51.5 Å². The van der Waals surface area contributed by atoms with Gasteiger partial charge in [-0.2, -0.15) is 0 Å². The number of aromatic nitrogens is 1. The van der Waals surface area contributed by atoms with Crippen molar-refractivity contribution < 1.29 is 4.74 Å². The topological polar surface area (TPSA) is 58.5 Å². The Kier molecular flexibility index (Phi) is 9.89. The molecule has 2 aromatic rings. The largest absolute Gasteiger partial charge is 0.380 e. The Labute approximate surface area is 165 Å². The van der Waals surface area contributed by atoms with Gasteiger partial charge in [-0.1, -0.05) is 24.3 Å². The monoisotopic (exact) mass is 460 g/mol. The van der Waals surface area contributed by atoms with Crippen LogP contribution in [0.25, 0.3) is 0 Å². The van der Waals surface area contributed by atoms with Gasteiger partial charge in [0.15, 0.2) is 5.96 Å². The Bertz CT molecular complexity index is 645. The number of aliphatic imine (C=N–C) groups is 1. The van der Waals surface area contributed by atoms with E-state index >= 15 is 0 Å². The van der Waals surface area contributed by atoms with E-state index in [1.807, 2.05) is 13.0 Å². The van der Waals surface area contributed by atoms with Crippen LogP contribution in [0.2, 0.25) is 0 Å². The van der Waals surface area contributed by atoms with Crippen molar-refractivity contribution in [1.82, 2.24) is 15.6 Å². The number of halogens is 1. The lowest BCUT2D eigenvalue weighted by molar-refractivity contribution is 0.185. The first-order valence-electron chi connectivity index (χ1n) is 7.63. The molecule has 0 unspecified atom stereocenters. The summed E-state index contributed by atoms with van der Waals surface area (Å²) >= 11 is 1.69. The molecule has 0 bridgehead atoms. The molecule has 0 aliphatic rings. The number of rotatable bonds is 7. The van der Waals surface area contributed by atoms with Gasteiger partial charge in [-0.15, -0.1) is 35.3 Å². The maximum atomic E-state index is 5.16. The molecule has 1 heterocycles. The van der Waals surface area contributed by atoms with E-state index in [1.165, 1.54) is 11.1 Å². The molecule has 0 spiro atoms. The second-order valence-electron chi connectivity index (χ2n) is 5.21. The number of nitrogens with zero attached hydrogens (tertiary/aromatic N) is 2. The summed E-state index contributed by atoms with van der Waals surface area (Å²) in [7, 11) is 3.49. The second-order valence-corrected chi connectivity index (χ2v) is 6.28. The number of hydrogen-bond acceptors (Lipinski definition) is 4. The van der Waals surface area contributed by atoms with Crippen LogP contribution in [-0.2, 0) is 24.3 Å². The van der Waals surface area contributed by atoms with Crippen LogP contribution in [0.15, 0.2) is 34.6 Å². The SMILES string of the molecule is CN=C(NCCc1csc(C)n1)NCc1cccc(COC)c1.I. The van der Waals surface area contributed by atoms with E-state index in [2.05, 4.69) is 44.2 Å². The molecule has 0 saturated heterocycles. The van der Waals surface area contributed by atoms with Crippen LogP contribution in [-0.4, -0.2) is 31.6 Å². The minimum absolute atomic E-state index is 0. The fourth-order valence-corrected chi connectivity index (χ4v) is 2.88. The first kappa shape index (κ1) is 20.9. The van der Waals surface area contributed by atoms with E-state index in [9.17, 15) is 0 Å². The molecule has 24 heavy (non-hydrogen) atoms. The second kappa shape index (κ2) is 11.4. The van der Waals surface area contributed by atoms with Crippen molar-refractivity contribution in [2.75, 3.05) is 20.7 Å². The summed E-state index contributed by atoms with van der Waals surface area (Å²) in [6.07, 6.45) is 0.897. The Morgan fingerprint density at radius 1 is 1.29 bits per heavy atom. The molecule has 0 atom stereocenters. The Morgan fingerprint density at radius 2 is 2.08 bits per heavy atom. The fourth-order valence-electron chi connectivity index (χ4n) is 2.23. The van der Waals surface area contributed by atoms with Gasteiger partial charge in [-0.3, -0.25) is 4.99 Å². The smallest absolute Gasteiger partial charge is 0.191 e. The van der Waals surface area contributed by atoms with Gasteiger partial charge in [0.05, 0.1) is 17.3 Å². The molecule has 1 aromatic heterocycles. The molecule has 5 nitrogen and oxygen atoms in total. The lowest BCUT2D eigenvalue weighted by Gasteiger charge is -2.12. The van der Waals surface area contributed by atoms with Crippen LogP contribution >= 0.6 is 35.3 Å². The minimum atomic E-state index is 0. The Balaban J connectivity index is 0.00000288. The van der Waals surface area contributed by atoms with E-state index in [4.69, 9.17) is 4.74 Å². The van der Waals surface area contributed by atoms with Crippen molar-refractivity contribution in [2.45, 2.75) is 26.5 Å². The van der Waals surface area contributed by atoms with Crippen molar-refractivity contribution in [1.29, 1.82) is 0 Å². The summed E-state index contributed by atoms with van der Waals surface area (Å²) in [5.74, 6) is 0.800. The van der Waals surface area contributed by atoms with Gasteiger partial charge in [0.2, 0.25) is 0 Å². The van der Waals surface area contributed by atoms with Gasteiger partial charge in [-0.05, 0) is 18.1 Å². The van der Waals surface area contributed by atoms with Gasteiger partial charge in [0, 0.05) is 39.0 Å². The highest BCUT2D eigenvalue weighted by Crippen LogP contribution is 2.08. The van der Waals surface area contributed by atoms with Crippen LogP contribution in [0.4, 0.5) is 0 Å². The number of nitrogens with one attached hydrogen (secondary N) is 2. The summed E-state index contributed by atoms with van der Waals surface area (Å²) in [6.45, 7) is 4.20. The lowest BCUT2D eigenvalue weighted by atomic mass is 10.1. The van der Waals surface area contributed by atoms with Gasteiger partial charge in [0.25, 0.3) is 0 Å². The standard InChI is InChI=1S/C17H24N4OS.HI/c1-13-21-16(12-23-13)7-8-19-17(18-2)20-10-14-5-4-6-15(9-14)11-22-3;/h4-6,9,12H,7-8,10-11H2,1-3H3,(H2,18,19,20);1H. The van der Waals surface area contributed by atoms with Crippen molar-refractivity contribution in [2.24, 2.45) is 4.99 Å². The number of hydrogen-bond donors (Lipinski definition) is 2. The van der Waals surface area contributed by atoms with E-state index in [-0.39, 0.29) is 24.0 Å². The highest BCUT2D eigenvalue weighted by molar-refractivity contribution is 14.0. The number of thiazole rings is 1. The maximum Gasteiger partial charge on any atom is 0.191 e. The molecule has 0 aliphatic carbocycles. The molecule has 0 aliphatic heterocycles. The zero-order valence-corrected chi connectivity index (χ0v) is 17.5. The molecule has 1 aromatic carbocycles. The van der Waals surface area contributed by atoms with Gasteiger partial charge < -0.3 is 15.4 Å². The number of methoxy groups -OCH3 is 1. The van der Waals surface area contributed by atoms with Crippen molar-refractivity contribution in [3.8, 4) is 0 Å². The summed E-state index contributed by atoms with van der Waals surface area (Å²) in [4.78, 5) is 8.71. The van der Waals surface area contributed by atoms with Crippen LogP contribution in [0, 0.1) is 6.92 Å². The number of aryl methyl sites for hydroxylation is 1. The highest BCUT2D eigenvalue weighted by Gasteiger charge is 2.01. The molecule has 132 valence electrons. The Hall–Kier alpha value is -1.19. The molecular weight excluding hydrogens is 435 g/mol. The predicted molar refractivity (Wildman–Crippen MR) is 111 cm³/mol. The van der Waals surface area contributed by atoms with Gasteiger partial charge in [0.1, 0.15) is 0 Å². The quantitative estimate of drug-likeness (QED) is 0.379. The first-order valence-corrected chi connectivity index (χ1v) is 8.51. The molecule has 0 fully saturated rings. The first-order chi connectivity index (χ1) is 11.2. The maximum absolute atomic E-state index is 5.16. The minimum Gasteiger partial charge on any atom is -0.380 e. The van der Waals surface area contributed by atoms with Crippen LogP contribution in [0.5, 0.6) is 0 Å². The predicted octanol–water partition coefficient (Wildman–Crippen LogP) is 3.12. The summed E-state index contributed by atoms with van der Waals surface area (Å²) in [5, 5.41) is 9.86. The third kappa shape index (κ3) is 7.14. The van der Waals surface area contributed by atoms with Crippen LogP contribution in [0.1, 0.15) is 21.8 Å². The number of benzene rings is 1. The van der Waals surface area contributed by atoms with Crippen molar-refractivity contribution >= 4 is 41.3 Å². The van der Waals surface area contributed by atoms with Crippen LogP contribution in [0.3, 0.4) is 0 Å². The molecule has 2 N–H and O–H groups in total. The molecule has 0 amide bonds. The number of guanidine groups is 1. The summed E-state index contributed by atoms with van der Waals surface area (Å²) < 4.78 is 5.16.